The summed E-state index contributed by atoms with van der Waals surface area (Å²) in [5.41, 5.74) is 0. The number of carbonyl (C=O) groups is 4. The first-order valence-corrected chi connectivity index (χ1v) is 8.78. The lowest BCUT2D eigenvalue weighted by atomic mass is 9.93. The van der Waals surface area contributed by atoms with Gasteiger partial charge in [0.2, 0.25) is 12.3 Å². The van der Waals surface area contributed by atoms with Crippen LogP contribution in [0, 0.1) is 11.8 Å². The van der Waals surface area contributed by atoms with E-state index in [4.69, 9.17) is 9.47 Å². The molecular weight excluding hydrogens is 342 g/mol. The summed E-state index contributed by atoms with van der Waals surface area (Å²) in [6.07, 6.45) is 2.01. The second-order valence-electron chi connectivity index (χ2n) is 6.46. The van der Waals surface area contributed by atoms with E-state index in [1.807, 2.05) is 6.92 Å². The lowest BCUT2D eigenvalue weighted by Crippen LogP contribution is -2.52. The van der Waals surface area contributed by atoms with Gasteiger partial charge in [0.25, 0.3) is 0 Å². The summed E-state index contributed by atoms with van der Waals surface area (Å²) in [7, 11) is 2.87. The van der Waals surface area contributed by atoms with E-state index in [1.165, 1.54) is 18.9 Å². The van der Waals surface area contributed by atoms with E-state index in [9.17, 15) is 19.2 Å². The third-order valence-electron chi connectivity index (χ3n) is 4.68. The number of alkyl carbamates (subject to hydrolysis) is 1. The quantitative estimate of drug-likeness (QED) is 0.342. The highest BCUT2D eigenvalue weighted by Gasteiger charge is 2.49. The fourth-order valence-corrected chi connectivity index (χ4v) is 3.26. The van der Waals surface area contributed by atoms with Crippen molar-refractivity contribution in [1.82, 2.24) is 15.5 Å². The predicted octanol–water partition coefficient (Wildman–Crippen LogP) is 0.283. The van der Waals surface area contributed by atoms with Crippen molar-refractivity contribution in [2.24, 2.45) is 11.8 Å². The molecule has 0 aromatic carbocycles. The second-order valence-corrected chi connectivity index (χ2v) is 6.46. The summed E-state index contributed by atoms with van der Waals surface area (Å²) in [4.78, 5) is 48.3. The van der Waals surface area contributed by atoms with Crippen LogP contribution < -0.4 is 10.6 Å². The van der Waals surface area contributed by atoms with Crippen molar-refractivity contribution in [2.45, 2.75) is 45.2 Å². The molecule has 1 fully saturated rings. The summed E-state index contributed by atoms with van der Waals surface area (Å²) < 4.78 is 10.0. The van der Waals surface area contributed by atoms with Crippen LogP contribution >= 0.6 is 0 Å². The van der Waals surface area contributed by atoms with Gasteiger partial charge >= 0.3 is 12.1 Å². The summed E-state index contributed by atoms with van der Waals surface area (Å²) >= 11 is 0. The van der Waals surface area contributed by atoms with Gasteiger partial charge in [-0.15, -0.1) is 0 Å². The van der Waals surface area contributed by atoms with E-state index < -0.39 is 36.0 Å². The third kappa shape index (κ3) is 5.89. The van der Waals surface area contributed by atoms with E-state index in [0.29, 0.717) is 19.4 Å². The minimum Gasteiger partial charge on any atom is -0.469 e. The smallest absolute Gasteiger partial charge is 0.407 e. The van der Waals surface area contributed by atoms with Gasteiger partial charge in [-0.3, -0.25) is 14.4 Å². The third-order valence-corrected chi connectivity index (χ3v) is 4.68. The average molecular weight is 371 g/mol. The first-order valence-electron chi connectivity index (χ1n) is 8.78. The normalized spacial score (nSPS) is 24.5. The molecule has 2 N–H and O–H groups in total. The molecule has 1 rings (SSSR count). The molecule has 1 aliphatic rings. The van der Waals surface area contributed by atoms with Crippen LogP contribution in [-0.2, 0) is 23.9 Å². The van der Waals surface area contributed by atoms with E-state index >= 15 is 0 Å². The number of carbonyl (C=O) groups excluding carboxylic acids is 4. The zero-order valence-electron chi connectivity index (χ0n) is 15.8. The molecule has 9 nitrogen and oxygen atoms in total. The molecule has 0 saturated heterocycles. The van der Waals surface area contributed by atoms with Gasteiger partial charge in [-0.2, -0.15) is 0 Å². The lowest BCUT2D eigenvalue weighted by molar-refractivity contribution is -0.147. The Hall–Kier alpha value is -2.32. The minimum absolute atomic E-state index is 0.179. The Kier molecular flexibility index (Phi) is 8.87. The Morgan fingerprint density at radius 1 is 1.31 bits per heavy atom. The topological polar surface area (TPSA) is 114 Å². The molecule has 4 atom stereocenters. The molecule has 148 valence electrons. The fraction of sp³-hybridized carbons (Fsp3) is 0.765. The first-order chi connectivity index (χ1) is 12.3. The maximum absolute atomic E-state index is 12.2. The molecule has 0 heterocycles. The van der Waals surface area contributed by atoms with Crippen LogP contribution in [0.1, 0.15) is 33.1 Å². The molecule has 9 heteroatoms. The molecule has 0 unspecified atom stereocenters. The highest BCUT2D eigenvalue weighted by molar-refractivity contribution is 5.75. The number of methoxy groups -OCH3 is 1. The first kappa shape index (κ1) is 21.7. The molecule has 3 amide bonds. The SMILES string of the molecule is CCCCOC(=O)N[C@H]1[C@@H](CNC(C)=O)[C@H](C(=O)OC)C[C@@H]1N(C)C=O. The zero-order valence-corrected chi connectivity index (χ0v) is 15.8. The molecule has 1 saturated carbocycles. The number of hydrogen-bond acceptors (Lipinski definition) is 6. The average Bonchev–Trinajstić information content (AvgIpc) is 2.97. The number of amides is 3. The maximum Gasteiger partial charge on any atom is 0.407 e. The molecule has 1 aliphatic carbocycles. The van der Waals surface area contributed by atoms with Crippen molar-refractivity contribution in [3.8, 4) is 0 Å². The molecule has 0 aromatic heterocycles. The van der Waals surface area contributed by atoms with Crippen molar-refractivity contribution in [1.29, 1.82) is 0 Å². The minimum atomic E-state index is -0.605. The van der Waals surface area contributed by atoms with E-state index in [1.54, 1.807) is 7.05 Å². The van der Waals surface area contributed by atoms with E-state index in [-0.39, 0.29) is 12.5 Å². The largest absolute Gasteiger partial charge is 0.469 e. The molecule has 0 aromatic rings. The predicted molar refractivity (Wildman–Crippen MR) is 93.1 cm³/mol. The van der Waals surface area contributed by atoms with Crippen LogP contribution in [-0.4, -0.2) is 68.7 Å². The number of unbranched alkanes of at least 4 members (excludes halogenated alkanes) is 1. The lowest BCUT2D eigenvalue weighted by Gasteiger charge is -2.30. The highest BCUT2D eigenvalue weighted by atomic mass is 16.5. The van der Waals surface area contributed by atoms with Crippen LogP contribution in [0.2, 0.25) is 0 Å². The standard InChI is InChI=1S/C17H29N3O6/c1-5-6-7-26-17(24)19-15-13(9-18-11(2)22)12(16(23)25-4)8-14(15)20(3)10-21/h10,12-15H,5-9H2,1-4H3,(H,18,22)(H,19,24)/t12-,13+,14+,15+/m1/s1. The van der Waals surface area contributed by atoms with Crippen LogP contribution in [0.3, 0.4) is 0 Å². The molecule has 26 heavy (non-hydrogen) atoms. The Labute approximate surface area is 153 Å². The van der Waals surface area contributed by atoms with Gasteiger partial charge in [0, 0.05) is 26.4 Å². The molecule has 0 aliphatic heterocycles. The Morgan fingerprint density at radius 3 is 2.54 bits per heavy atom. The van der Waals surface area contributed by atoms with Gasteiger partial charge in [-0.05, 0) is 12.8 Å². The van der Waals surface area contributed by atoms with Gasteiger partial charge in [-0.25, -0.2) is 4.79 Å². The Bertz CT molecular complexity index is 513. The van der Waals surface area contributed by atoms with E-state index in [2.05, 4.69) is 10.6 Å². The number of nitrogens with one attached hydrogen (secondary N) is 2. The maximum atomic E-state index is 12.2. The summed E-state index contributed by atoms with van der Waals surface area (Å²) in [5, 5.41) is 5.45. The Morgan fingerprint density at radius 2 is 2.00 bits per heavy atom. The van der Waals surface area contributed by atoms with E-state index in [0.717, 1.165) is 12.8 Å². The monoisotopic (exact) mass is 371 g/mol. The van der Waals surface area contributed by atoms with Gasteiger partial charge < -0.3 is 25.0 Å². The van der Waals surface area contributed by atoms with Crippen molar-refractivity contribution in [2.75, 3.05) is 27.3 Å². The molecule has 0 spiro atoms. The van der Waals surface area contributed by atoms with Crippen molar-refractivity contribution in [3.63, 3.8) is 0 Å². The van der Waals surface area contributed by atoms with Crippen molar-refractivity contribution < 1.29 is 28.7 Å². The number of hydrogen-bond donors (Lipinski definition) is 2. The van der Waals surface area contributed by atoms with Gasteiger partial charge in [0.15, 0.2) is 0 Å². The van der Waals surface area contributed by atoms with Crippen molar-refractivity contribution in [3.05, 3.63) is 0 Å². The van der Waals surface area contributed by atoms with Gasteiger partial charge in [0.05, 0.1) is 31.7 Å². The molecule has 0 bridgehead atoms. The molecule has 0 radical (unpaired) electrons. The highest BCUT2D eigenvalue weighted by Crippen LogP contribution is 2.35. The van der Waals surface area contributed by atoms with Crippen LogP contribution in [0.15, 0.2) is 0 Å². The number of nitrogens with zero attached hydrogens (tertiary/aromatic N) is 1. The summed E-state index contributed by atoms with van der Waals surface area (Å²) in [6.45, 7) is 3.83. The summed E-state index contributed by atoms with van der Waals surface area (Å²) in [5.74, 6) is -1.66. The number of rotatable bonds is 9. The zero-order chi connectivity index (χ0) is 19.7. The molecular formula is C17H29N3O6. The Balaban J connectivity index is 2.99. The van der Waals surface area contributed by atoms with Crippen LogP contribution in [0.25, 0.3) is 0 Å². The fourth-order valence-electron chi connectivity index (χ4n) is 3.26. The summed E-state index contributed by atoms with van der Waals surface area (Å²) in [6, 6.07) is -0.954. The number of esters is 1. The second kappa shape index (κ2) is 10.6. The van der Waals surface area contributed by atoms with Gasteiger partial charge in [-0.1, -0.05) is 13.3 Å². The van der Waals surface area contributed by atoms with Crippen LogP contribution in [0.4, 0.5) is 4.79 Å². The number of ether oxygens (including phenoxy) is 2. The number of likely N-dealkylation sites (N-methyl/N-ethyl adjacent to an activating group) is 1. The van der Waals surface area contributed by atoms with Crippen molar-refractivity contribution >= 4 is 24.4 Å². The van der Waals surface area contributed by atoms with Gasteiger partial charge in [0.1, 0.15) is 0 Å². The van der Waals surface area contributed by atoms with Crippen LogP contribution in [0.5, 0.6) is 0 Å².